The third-order valence-electron chi connectivity index (χ3n) is 8.92. The first-order valence-corrected chi connectivity index (χ1v) is 12.1. The van der Waals surface area contributed by atoms with Gasteiger partial charge >= 0.3 is 0 Å². The first kappa shape index (κ1) is 22.8. The molecule has 1 aromatic rings. The molecule has 0 heterocycles. The van der Waals surface area contributed by atoms with Crippen molar-refractivity contribution < 1.29 is 19.2 Å². The van der Waals surface area contributed by atoms with E-state index >= 15 is 0 Å². The molecule has 1 aromatic carbocycles. The summed E-state index contributed by atoms with van der Waals surface area (Å²) in [5.41, 5.74) is 4.09. The second kappa shape index (κ2) is 7.24. The number of fused-ring (bicyclic) bond motifs is 2. The van der Waals surface area contributed by atoms with Crippen LogP contribution in [-0.4, -0.2) is 23.4 Å². The molecular formula is C28H32N2O4. The lowest BCUT2D eigenvalue weighted by Crippen LogP contribution is -2.27. The van der Waals surface area contributed by atoms with Gasteiger partial charge in [-0.2, -0.15) is 0 Å². The fourth-order valence-corrected chi connectivity index (χ4v) is 6.72. The Kier molecular flexibility index (Phi) is 4.84. The van der Waals surface area contributed by atoms with E-state index in [1.54, 1.807) is 38.1 Å². The summed E-state index contributed by atoms with van der Waals surface area (Å²) in [7, 11) is 0. The van der Waals surface area contributed by atoms with Crippen molar-refractivity contribution in [1.29, 1.82) is 0 Å². The Morgan fingerprint density at radius 1 is 0.676 bits per heavy atom. The molecule has 0 unspecified atom stereocenters. The SMILES string of the molecule is CC(=O)C1=C(NC(=O)c2ccc(C(=O)NC3=C(C(C)=O)[C@@H]4[C@H](C3)C4(C)C)cc2)C[C@@H]2[C@@H]1C2(C)C. The van der Waals surface area contributed by atoms with Crippen molar-refractivity contribution >= 4 is 23.4 Å². The van der Waals surface area contributed by atoms with Crippen LogP contribution in [0.4, 0.5) is 0 Å². The molecule has 0 saturated heterocycles. The molecule has 0 spiro atoms. The van der Waals surface area contributed by atoms with Crippen LogP contribution >= 0.6 is 0 Å². The molecule has 2 fully saturated rings. The number of carbonyl (C=O) groups excluding carboxylic acids is 4. The third kappa shape index (κ3) is 3.29. The summed E-state index contributed by atoms with van der Waals surface area (Å²) in [6, 6.07) is 6.47. The highest BCUT2D eigenvalue weighted by Crippen LogP contribution is 2.69. The van der Waals surface area contributed by atoms with Crippen LogP contribution in [-0.2, 0) is 9.59 Å². The van der Waals surface area contributed by atoms with Crippen LogP contribution in [0.25, 0.3) is 0 Å². The van der Waals surface area contributed by atoms with Gasteiger partial charge in [-0.25, -0.2) is 0 Å². The summed E-state index contributed by atoms with van der Waals surface area (Å²) >= 11 is 0. The number of hydrogen-bond acceptors (Lipinski definition) is 4. The van der Waals surface area contributed by atoms with Crippen molar-refractivity contribution in [3.8, 4) is 0 Å². The topological polar surface area (TPSA) is 92.3 Å². The predicted molar refractivity (Wildman–Crippen MR) is 128 cm³/mol. The summed E-state index contributed by atoms with van der Waals surface area (Å²) in [6.07, 6.45) is 1.43. The molecule has 0 bridgehead atoms. The minimum Gasteiger partial charge on any atom is -0.325 e. The van der Waals surface area contributed by atoms with Crippen LogP contribution in [0.5, 0.6) is 0 Å². The van der Waals surface area contributed by atoms with E-state index < -0.39 is 0 Å². The molecule has 5 rings (SSSR count). The average Bonchev–Trinajstić information content (AvgIpc) is 3.26. The Morgan fingerprint density at radius 2 is 1.00 bits per heavy atom. The molecule has 6 heteroatoms. The average molecular weight is 461 g/mol. The van der Waals surface area contributed by atoms with Crippen molar-refractivity contribution in [2.24, 2.45) is 34.5 Å². The van der Waals surface area contributed by atoms with Crippen LogP contribution in [0.1, 0.15) is 75.1 Å². The van der Waals surface area contributed by atoms with Crippen molar-refractivity contribution in [2.45, 2.75) is 54.4 Å². The summed E-state index contributed by atoms with van der Waals surface area (Å²) in [4.78, 5) is 50.1. The van der Waals surface area contributed by atoms with Gasteiger partial charge in [-0.15, -0.1) is 0 Å². The van der Waals surface area contributed by atoms with Gasteiger partial charge in [0.2, 0.25) is 0 Å². The lowest BCUT2D eigenvalue weighted by atomic mass is 9.96. The Morgan fingerprint density at radius 3 is 1.29 bits per heavy atom. The van der Waals surface area contributed by atoms with E-state index in [0.29, 0.717) is 35.8 Å². The number of ketones is 2. The van der Waals surface area contributed by atoms with Crippen LogP contribution in [0.15, 0.2) is 46.8 Å². The minimum atomic E-state index is -0.278. The number of hydrogen-bond donors (Lipinski definition) is 2. The predicted octanol–water partition coefficient (Wildman–Crippen LogP) is 4.18. The third-order valence-corrected chi connectivity index (χ3v) is 8.92. The minimum absolute atomic E-state index is 0.0209. The normalized spacial score (nSPS) is 29.4. The van der Waals surface area contributed by atoms with Gasteiger partial charge in [0, 0.05) is 33.7 Å². The molecule has 2 amide bonds. The van der Waals surface area contributed by atoms with E-state index in [0.717, 1.165) is 22.5 Å². The molecule has 6 nitrogen and oxygen atoms in total. The van der Waals surface area contributed by atoms with Gasteiger partial charge in [-0.3, -0.25) is 19.2 Å². The fourth-order valence-electron chi connectivity index (χ4n) is 6.72. The second-order valence-corrected chi connectivity index (χ2v) is 11.6. The molecule has 34 heavy (non-hydrogen) atoms. The van der Waals surface area contributed by atoms with Crippen molar-refractivity contribution in [3.05, 3.63) is 57.9 Å². The molecule has 0 radical (unpaired) electrons. The fraction of sp³-hybridized carbons (Fsp3) is 0.500. The van der Waals surface area contributed by atoms with Gasteiger partial charge < -0.3 is 10.6 Å². The zero-order chi connectivity index (χ0) is 24.7. The van der Waals surface area contributed by atoms with Gasteiger partial charge in [-0.05, 0) is 85.5 Å². The molecule has 0 aliphatic heterocycles. The zero-order valence-corrected chi connectivity index (χ0v) is 20.7. The maximum Gasteiger partial charge on any atom is 0.255 e. The van der Waals surface area contributed by atoms with Gasteiger partial charge in [0.25, 0.3) is 11.8 Å². The quantitative estimate of drug-likeness (QED) is 0.666. The molecule has 178 valence electrons. The van der Waals surface area contributed by atoms with Crippen LogP contribution in [0.3, 0.4) is 0 Å². The second-order valence-electron chi connectivity index (χ2n) is 11.6. The Bertz CT molecular complexity index is 1120. The largest absolute Gasteiger partial charge is 0.325 e. The van der Waals surface area contributed by atoms with Gasteiger partial charge in [0.1, 0.15) is 0 Å². The number of Topliss-reactive ketones (excluding diaryl/α,β-unsaturated/α-hetero) is 2. The number of nitrogens with one attached hydrogen (secondary N) is 2. The first-order valence-electron chi connectivity index (χ1n) is 12.1. The highest BCUT2D eigenvalue weighted by Gasteiger charge is 2.64. The molecule has 4 aliphatic carbocycles. The smallest absolute Gasteiger partial charge is 0.255 e. The highest BCUT2D eigenvalue weighted by atomic mass is 16.2. The Labute approximate surface area is 200 Å². The maximum atomic E-state index is 12.8. The van der Waals surface area contributed by atoms with E-state index in [2.05, 4.69) is 38.3 Å². The first-order chi connectivity index (χ1) is 15.9. The molecule has 4 atom stereocenters. The standard InChI is InChI=1S/C28H32N2O4/c1-13(31)21-19(11-17-23(21)27(17,3)4)29-25(33)15-7-9-16(10-8-15)26(34)30-20-12-18-24(28(18,5)6)22(20)14(2)32/h7-10,17-18,23-24H,11-12H2,1-6H3,(H,29,33)(H,30,34)/t17-,18+,23-,24-/m0/s1. The summed E-state index contributed by atoms with van der Waals surface area (Å²) in [5.74, 6) is 0.767. The van der Waals surface area contributed by atoms with Gasteiger partial charge in [0.15, 0.2) is 11.6 Å². The number of allylic oxidation sites excluding steroid dienone is 4. The van der Waals surface area contributed by atoms with Gasteiger partial charge in [0.05, 0.1) is 0 Å². The van der Waals surface area contributed by atoms with E-state index in [-0.39, 0.29) is 46.0 Å². The van der Waals surface area contributed by atoms with E-state index in [1.165, 1.54) is 0 Å². The van der Waals surface area contributed by atoms with Crippen LogP contribution in [0, 0.1) is 34.5 Å². The van der Waals surface area contributed by atoms with Crippen molar-refractivity contribution in [2.75, 3.05) is 0 Å². The summed E-state index contributed by atoms with van der Waals surface area (Å²) < 4.78 is 0. The van der Waals surface area contributed by atoms with Crippen LogP contribution in [0.2, 0.25) is 0 Å². The summed E-state index contributed by atoms with van der Waals surface area (Å²) in [6.45, 7) is 11.8. The van der Waals surface area contributed by atoms with E-state index in [4.69, 9.17) is 0 Å². The molecule has 4 aliphatic rings. The molecule has 2 N–H and O–H groups in total. The molecular weight excluding hydrogens is 428 g/mol. The van der Waals surface area contributed by atoms with Crippen molar-refractivity contribution in [3.63, 3.8) is 0 Å². The number of rotatable bonds is 6. The lowest BCUT2D eigenvalue weighted by Gasteiger charge is -2.16. The van der Waals surface area contributed by atoms with Crippen molar-refractivity contribution in [1.82, 2.24) is 10.6 Å². The molecule has 0 aromatic heterocycles. The van der Waals surface area contributed by atoms with E-state index in [1.807, 2.05) is 0 Å². The Hall–Kier alpha value is -3.02. The molecule has 2 saturated carbocycles. The van der Waals surface area contributed by atoms with E-state index in [9.17, 15) is 19.2 Å². The maximum absolute atomic E-state index is 12.8. The van der Waals surface area contributed by atoms with Crippen LogP contribution < -0.4 is 10.6 Å². The summed E-state index contributed by atoms with van der Waals surface area (Å²) in [5, 5.41) is 5.89. The Balaban J connectivity index is 1.27. The lowest BCUT2D eigenvalue weighted by molar-refractivity contribution is -0.114. The highest BCUT2D eigenvalue weighted by molar-refractivity contribution is 6.02. The zero-order valence-electron chi connectivity index (χ0n) is 20.7. The van der Waals surface area contributed by atoms with Gasteiger partial charge in [-0.1, -0.05) is 27.7 Å². The monoisotopic (exact) mass is 460 g/mol. The number of amides is 2. The number of carbonyl (C=O) groups is 4. The number of benzene rings is 1.